The normalized spacial score (nSPS) is 13.6. The molecule has 1 aliphatic heterocycles. The number of nitrogens with one attached hydrogen (secondary N) is 2. The fourth-order valence-electron chi connectivity index (χ4n) is 4.42. The minimum atomic E-state index is -0.446. The van der Waals surface area contributed by atoms with Crippen LogP contribution in [0.2, 0.25) is 0 Å². The molecule has 0 spiro atoms. The molecule has 2 N–H and O–H groups in total. The number of allylic oxidation sites excluding steroid dienone is 1. The van der Waals surface area contributed by atoms with Crippen LogP contribution >= 0.6 is 0 Å². The first-order valence-electron chi connectivity index (χ1n) is 11.8. The second-order valence-corrected chi connectivity index (χ2v) is 8.89. The molecule has 0 atom stereocenters. The Balaban J connectivity index is 1.42. The average Bonchev–Trinajstić information content (AvgIpc) is 3.24. The molecule has 0 saturated carbocycles. The Hall–Kier alpha value is -4.30. The molecule has 8 nitrogen and oxygen atoms in total. The summed E-state index contributed by atoms with van der Waals surface area (Å²) in [6.07, 6.45) is 0. The van der Waals surface area contributed by atoms with Crippen LogP contribution in [-0.4, -0.2) is 45.2 Å². The van der Waals surface area contributed by atoms with Crippen LogP contribution in [0, 0.1) is 0 Å². The topological polar surface area (TPSA) is 89.1 Å². The van der Waals surface area contributed by atoms with Crippen molar-refractivity contribution < 1.29 is 23.8 Å². The van der Waals surface area contributed by atoms with Gasteiger partial charge in [0.15, 0.2) is 11.5 Å². The first kappa shape index (κ1) is 25.8. The molecule has 0 fully saturated rings. The van der Waals surface area contributed by atoms with E-state index < -0.39 is 5.97 Å². The first-order valence-corrected chi connectivity index (χ1v) is 11.8. The Morgan fingerprint density at radius 2 is 1.57 bits per heavy atom. The van der Waals surface area contributed by atoms with E-state index in [1.807, 2.05) is 37.3 Å². The number of benzene rings is 3. The maximum absolute atomic E-state index is 12.7. The average molecular weight is 502 g/mol. The Morgan fingerprint density at radius 3 is 2.24 bits per heavy atom. The van der Waals surface area contributed by atoms with Gasteiger partial charge in [0.1, 0.15) is 0 Å². The molecule has 0 aromatic heterocycles. The van der Waals surface area contributed by atoms with Crippen LogP contribution < -0.4 is 20.1 Å². The van der Waals surface area contributed by atoms with Gasteiger partial charge in [0, 0.05) is 30.0 Å². The van der Waals surface area contributed by atoms with Crippen LogP contribution in [0.3, 0.4) is 0 Å². The quantitative estimate of drug-likeness (QED) is 0.318. The van der Waals surface area contributed by atoms with Gasteiger partial charge in [-0.1, -0.05) is 24.3 Å². The fraction of sp³-hybridized carbons (Fsp3) is 0.241. The third-order valence-corrected chi connectivity index (χ3v) is 6.20. The van der Waals surface area contributed by atoms with Crippen molar-refractivity contribution in [2.24, 2.45) is 0 Å². The van der Waals surface area contributed by atoms with Gasteiger partial charge in [-0.05, 0) is 61.5 Å². The number of fused-ring (bicyclic) bond motifs is 1. The number of anilines is 2. The molecule has 4 rings (SSSR count). The number of methoxy groups -OCH3 is 3. The standard InChI is InChI=1S/C29H31N3O5/c1-18(27-23-12-9-21(29(34)37-5)15-24(23)31-28(27)33)30-22-10-6-19(7-11-22)16-32(2)17-20-8-13-25(35-3)26(14-20)36-4/h6-15,30H,16-17H2,1-5H3,(H,31,33). The predicted molar refractivity (Wildman–Crippen MR) is 144 cm³/mol. The van der Waals surface area contributed by atoms with Crippen molar-refractivity contribution in [1.29, 1.82) is 0 Å². The Labute approximate surface area is 216 Å². The third-order valence-electron chi connectivity index (χ3n) is 6.20. The highest BCUT2D eigenvalue weighted by Crippen LogP contribution is 2.35. The number of esters is 1. The van der Waals surface area contributed by atoms with Crippen molar-refractivity contribution in [3.63, 3.8) is 0 Å². The lowest BCUT2D eigenvalue weighted by Crippen LogP contribution is -2.17. The number of amides is 1. The molecule has 0 aliphatic carbocycles. The lowest BCUT2D eigenvalue weighted by Gasteiger charge is -2.18. The van der Waals surface area contributed by atoms with Crippen LogP contribution in [0.1, 0.15) is 34.0 Å². The predicted octanol–water partition coefficient (Wildman–Crippen LogP) is 4.92. The van der Waals surface area contributed by atoms with Crippen molar-refractivity contribution in [3.8, 4) is 11.5 Å². The lowest BCUT2D eigenvalue weighted by atomic mass is 10.0. The van der Waals surface area contributed by atoms with Crippen molar-refractivity contribution >= 4 is 28.8 Å². The number of carbonyl (C=O) groups excluding carboxylic acids is 2. The van der Waals surface area contributed by atoms with Gasteiger partial charge >= 0.3 is 5.97 Å². The van der Waals surface area contributed by atoms with Gasteiger partial charge in [-0.3, -0.25) is 9.69 Å². The van der Waals surface area contributed by atoms with Crippen molar-refractivity contribution in [2.45, 2.75) is 20.0 Å². The highest BCUT2D eigenvalue weighted by molar-refractivity contribution is 6.32. The summed E-state index contributed by atoms with van der Waals surface area (Å²) in [7, 11) is 6.66. The van der Waals surface area contributed by atoms with Gasteiger partial charge < -0.3 is 24.8 Å². The van der Waals surface area contributed by atoms with E-state index in [-0.39, 0.29) is 5.91 Å². The molecule has 1 aliphatic rings. The maximum atomic E-state index is 12.7. The van der Waals surface area contributed by atoms with Crippen LogP contribution in [0.25, 0.3) is 5.57 Å². The molecule has 0 radical (unpaired) electrons. The summed E-state index contributed by atoms with van der Waals surface area (Å²) in [6.45, 7) is 3.40. The molecule has 1 amide bonds. The van der Waals surface area contributed by atoms with Gasteiger partial charge in [0.25, 0.3) is 5.91 Å². The SMILES string of the molecule is COC(=O)c1ccc2c(c1)NC(=O)C2=C(C)Nc1ccc(CN(C)Cc2ccc(OC)c(OC)c2)cc1. The Morgan fingerprint density at radius 1 is 0.892 bits per heavy atom. The molecule has 0 bridgehead atoms. The Bertz CT molecular complexity index is 1350. The Kier molecular flexibility index (Phi) is 7.79. The number of carbonyl (C=O) groups is 2. The van der Waals surface area contributed by atoms with Crippen LogP contribution in [0.4, 0.5) is 11.4 Å². The monoisotopic (exact) mass is 501 g/mol. The largest absolute Gasteiger partial charge is 0.493 e. The van der Waals surface area contributed by atoms with Crippen LogP contribution in [0.15, 0.2) is 66.4 Å². The fourth-order valence-corrected chi connectivity index (χ4v) is 4.42. The molecule has 0 unspecified atom stereocenters. The summed E-state index contributed by atoms with van der Waals surface area (Å²) in [5.74, 6) is 0.775. The molecule has 192 valence electrons. The van der Waals surface area contributed by atoms with E-state index in [1.165, 1.54) is 7.11 Å². The number of nitrogens with zero attached hydrogens (tertiary/aromatic N) is 1. The van der Waals surface area contributed by atoms with Gasteiger partial charge in [-0.2, -0.15) is 0 Å². The smallest absolute Gasteiger partial charge is 0.337 e. The van der Waals surface area contributed by atoms with E-state index in [0.717, 1.165) is 46.9 Å². The molecule has 37 heavy (non-hydrogen) atoms. The summed E-state index contributed by atoms with van der Waals surface area (Å²) < 4.78 is 15.5. The summed E-state index contributed by atoms with van der Waals surface area (Å²) in [5.41, 5.74) is 6.18. The van der Waals surface area contributed by atoms with Crippen LogP contribution in [-0.2, 0) is 22.6 Å². The summed E-state index contributed by atoms with van der Waals surface area (Å²) in [6, 6.07) is 19.1. The zero-order chi connectivity index (χ0) is 26.5. The molecule has 3 aromatic carbocycles. The number of rotatable bonds is 9. The van der Waals surface area contributed by atoms with Crippen molar-refractivity contribution in [1.82, 2.24) is 4.90 Å². The van der Waals surface area contributed by atoms with E-state index in [0.29, 0.717) is 22.6 Å². The van der Waals surface area contributed by atoms with Gasteiger partial charge in [-0.25, -0.2) is 4.79 Å². The van der Waals surface area contributed by atoms with E-state index >= 15 is 0 Å². The van der Waals surface area contributed by atoms with E-state index in [2.05, 4.69) is 34.7 Å². The van der Waals surface area contributed by atoms with Crippen molar-refractivity contribution in [2.75, 3.05) is 39.0 Å². The number of hydrogen-bond acceptors (Lipinski definition) is 7. The number of hydrogen-bond donors (Lipinski definition) is 2. The second kappa shape index (κ2) is 11.2. The first-order chi connectivity index (χ1) is 17.8. The van der Waals surface area contributed by atoms with Crippen LogP contribution in [0.5, 0.6) is 11.5 Å². The van der Waals surface area contributed by atoms with Crippen molar-refractivity contribution in [3.05, 3.63) is 88.6 Å². The molecule has 3 aromatic rings. The van der Waals surface area contributed by atoms with E-state index in [4.69, 9.17) is 14.2 Å². The zero-order valence-electron chi connectivity index (χ0n) is 21.7. The molecular weight excluding hydrogens is 470 g/mol. The second-order valence-electron chi connectivity index (χ2n) is 8.89. The van der Waals surface area contributed by atoms with E-state index in [9.17, 15) is 9.59 Å². The summed E-state index contributed by atoms with van der Waals surface area (Å²) in [4.78, 5) is 26.7. The van der Waals surface area contributed by atoms with Gasteiger partial charge in [0.2, 0.25) is 0 Å². The summed E-state index contributed by atoms with van der Waals surface area (Å²) in [5, 5.41) is 6.17. The minimum absolute atomic E-state index is 0.213. The third kappa shape index (κ3) is 5.76. The minimum Gasteiger partial charge on any atom is -0.493 e. The zero-order valence-corrected chi connectivity index (χ0v) is 21.7. The maximum Gasteiger partial charge on any atom is 0.337 e. The highest BCUT2D eigenvalue weighted by atomic mass is 16.5. The molecule has 8 heteroatoms. The van der Waals surface area contributed by atoms with E-state index in [1.54, 1.807) is 32.4 Å². The lowest BCUT2D eigenvalue weighted by molar-refractivity contribution is -0.110. The molecule has 1 heterocycles. The van der Waals surface area contributed by atoms with Gasteiger partial charge in [0.05, 0.1) is 38.2 Å². The molecule has 0 saturated heterocycles. The number of ether oxygens (including phenoxy) is 3. The highest BCUT2D eigenvalue weighted by Gasteiger charge is 2.27. The van der Waals surface area contributed by atoms with Gasteiger partial charge in [-0.15, -0.1) is 0 Å². The molecular formula is C29H31N3O5. The summed E-state index contributed by atoms with van der Waals surface area (Å²) >= 11 is 0.